The van der Waals surface area contributed by atoms with Crippen LogP contribution in [0.25, 0.3) is 5.65 Å². The van der Waals surface area contributed by atoms with E-state index in [1.165, 1.54) is 5.56 Å². The summed E-state index contributed by atoms with van der Waals surface area (Å²) in [6.45, 7) is 44.4. The van der Waals surface area contributed by atoms with E-state index in [-0.39, 0.29) is 10.8 Å². The normalized spacial score (nSPS) is 10.0. The van der Waals surface area contributed by atoms with Gasteiger partial charge in [0, 0.05) is 47.5 Å². The van der Waals surface area contributed by atoms with Gasteiger partial charge < -0.3 is 0 Å². The second-order valence-electron chi connectivity index (χ2n) is 15.3. The molecule has 0 bridgehead atoms. The largest absolute Gasteiger partial charge is 0.265 e. The molecule has 0 aliphatic heterocycles. The average Bonchev–Trinajstić information content (AvgIpc) is 3.61. The molecule has 5 nitrogen and oxygen atoms in total. The van der Waals surface area contributed by atoms with Crippen LogP contribution in [0.15, 0.2) is 110 Å². The SMILES string of the molecule is CC.CC.CC.CC.CC(C)(C)C.CC(C)(C)c1ccc2nccn2n1.CC(C)(C)c1ccccc1.CC(C)(C)c1ccccn1.c1ccncc1. The molecule has 294 valence electrons. The van der Waals surface area contributed by atoms with Crippen molar-refractivity contribution in [3.63, 3.8) is 0 Å². The van der Waals surface area contributed by atoms with Gasteiger partial charge in [0.2, 0.25) is 0 Å². The minimum absolute atomic E-state index is 0.0957. The van der Waals surface area contributed by atoms with Crippen molar-refractivity contribution < 1.29 is 0 Å². The second-order valence-corrected chi connectivity index (χ2v) is 15.3. The van der Waals surface area contributed by atoms with Crippen molar-refractivity contribution in [1.29, 1.82) is 0 Å². The minimum atomic E-state index is 0.0957. The molecule has 0 spiro atoms. The lowest BCUT2D eigenvalue weighted by Gasteiger charge is -2.18. The molecular formula is C47H81N5. The molecular weight excluding hydrogens is 635 g/mol. The summed E-state index contributed by atoms with van der Waals surface area (Å²) >= 11 is 0. The molecule has 1 aromatic carbocycles. The lowest BCUT2D eigenvalue weighted by molar-refractivity contribution is 0.469. The van der Waals surface area contributed by atoms with Gasteiger partial charge in [0.15, 0.2) is 5.65 Å². The van der Waals surface area contributed by atoms with Gasteiger partial charge in [-0.1, -0.05) is 188 Å². The molecule has 5 rings (SSSR count). The van der Waals surface area contributed by atoms with Crippen molar-refractivity contribution in [2.24, 2.45) is 5.41 Å². The fourth-order valence-electron chi connectivity index (χ4n) is 3.27. The maximum atomic E-state index is 4.46. The quantitative estimate of drug-likeness (QED) is 0.160. The molecule has 0 aliphatic carbocycles. The molecule has 5 aromatic rings. The Bertz CT molecular complexity index is 1330. The van der Waals surface area contributed by atoms with Crippen LogP contribution in [0, 0.1) is 5.41 Å². The van der Waals surface area contributed by atoms with Crippen molar-refractivity contribution in [1.82, 2.24) is 24.6 Å². The highest BCUT2D eigenvalue weighted by Crippen LogP contribution is 2.21. The third kappa shape index (κ3) is 30.9. The third-order valence-corrected chi connectivity index (χ3v) is 5.66. The van der Waals surface area contributed by atoms with Crippen molar-refractivity contribution in [2.75, 3.05) is 0 Å². The zero-order valence-corrected chi connectivity index (χ0v) is 37.6. The van der Waals surface area contributed by atoms with Crippen molar-refractivity contribution >= 4 is 5.65 Å². The minimum Gasteiger partial charge on any atom is -0.265 e. The fraction of sp³-hybridized carbons (Fsp3) is 0.532. The van der Waals surface area contributed by atoms with Crippen LogP contribution in [-0.4, -0.2) is 24.6 Å². The molecule has 4 heterocycles. The summed E-state index contributed by atoms with van der Waals surface area (Å²) in [5.74, 6) is 0. The van der Waals surface area contributed by atoms with E-state index >= 15 is 0 Å². The molecule has 0 radical (unpaired) electrons. The zero-order chi connectivity index (χ0) is 41.4. The second kappa shape index (κ2) is 30.7. The Morgan fingerprint density at radius 2 is 0.827 bits per heavy atom. The van der Waals surface area contributed by atoms with E-state index in [2.05, 4.69) is 146 Å². The van der Waals surface area contributed by atoms with Gasteiger partial charge >= 0.3 is 0 Å². The first-order chi connectivity index (χ1) is 24.3. The molecule has 0 fully saturated rings. The van der Waals surface area contributed by atoms with Gasteiger partial charge in [0.05, 0.1) is 5.69 Å². The van der Waals surface area contributed by atoms with Crippen molar-refractivity contribution in [2.45, 2.75) is 162 Å². The Hall–Kier alpha value is -3.86. The van der Waals surface area contributed by atoms with E-state index < -0.39 is 0 Å². The molecule has 0 aliphatic rings. The highest BCUT2D eigenvalue weighted by molar-refractivity contribution is 5.37. The number of pyridine rings is 2. The average molecular weight is 716 g/mol. The van der Waals surface area contributed by atoms with E-state index in [4.69, 9.17) is 0 Å². The fourth-order valence-corrected chi connectivity index (χ4v) is 3.27. The molecule has 52 heavy (non-hydrogen) atoms. The Labute approximate surface area is 323 Å². The number of fused-ring (bicyclic) bond motifs is 1. The van der Waals surface area contributed by atoms with Crippen LogP contribution in [0.5, 0.6) is 0 Å². The summed E-state index contributed by atoms with van der Waals surface area (Å²) < 4.78 is 1.81. The van der Waals surface area contributed by atoms with Crippen LogP contribution in [-0.2, 0) is 16.2 Å². The number of hydrogen-bond acceptors (Lipinski definition) is 4. The van der Waals surface area contributed by atoms with E-state index in [1.807, 2.05) is 110 Å². The molecule has 0 unspecified atom stereocenters. The molecule has 4 aromatic heterocycles. The van der Waals surface area contributed by atoms with Crippen molar-refractivity contribution in [3.05, 3.63) is 127 Å². The molecule has 5 heteroatoms. The van der Waals surface area contributed by atoms with Gasteiger partial charge in [-0.2, -0.15) is 5.10 Å². The lowest BCUT2D eigenvalue weighted by atomic mass is 9.87. The van der Waals surface area contributed by atoms with Gasteiger partial charge in [0.1, 0.15) is 0 Å². The predicted molar refractivity (Wildman–Crippen MR) is 235 cm³/mol. The zero-order valence-electron chi connectivity index (χ0n) is 37.6. The van der Waals surface area contributed by atoms with Crippen LogP contribution in [0.1, 0.15) is 162 Å². The summed E-state index contributed by atoms with van der Waals surface area (Å²) in [7, 11) is 0. The molecule has 0 amide bonds. The van der Waals surface area contributed by atoms with Gasteiger partial charge in [-0.3, -0.25) is 9.97 Å². The van der Waals surface area contributed by atoms with Crippen LogP contribution in [0.4, 0.5) is 0 Å². The Kier molecular flexibility index (Phi) is 32.5. The van der Waals surface area contributed by atoms with E-state index in [9.17, 15) is 0 Å². The third-order valence-electron chi connectivity index (χ3n) is 5.66. The lowest BCUT2D eigenvalue weighted by Crippen LogP contribution is -2.14. The first-order valence-corrected chi connectivity index (χ1v) is 19.4. The maximum absolute atomic E-state index is 4.46. The number of aromatic nitrogens is 5. The number of rotatable bonds is 0. The Morgan fingerprint density at radius 1 is 0.404 bits per heavy atom. The van der Waals surface area contributed by atoms with E-state index in [0.717, 1.165) is 17.0 Å². The Balaban J connectivity index is -0.000000271. The highest BCUT2D eigenvalue weighted by Gasteiger charge is 2.16. The smallest absolute Gasteiger partial charge is 0.153 e. The van der Waals surface area contributed by atoms with Gasteiger partial charge in [-0.25, -0.2) is 9.50 Å². The van der Waals surface area contributed by atoms with Crippen LogP contribution in [0.2, 0.25) is 0 Å². The summed E-state index contributed by atoms with van der Waals surface area (Å²) in [5.41, 5.74) is 5.59. The maximum Gasteiger partial charge on any atom is 0.153 e. The molecule has 0 N–H and O–H groups in total. The number of imidazole rings is 1. The summed E-state index contributed by atoms with van der Waals surface area (Å²) in [6, 6.07) is 26.3. The molecule has 0 atom stereocenters. The van der Waals surface area contributed by atoms with E-state index in [0.29, 0.717) is 10.8 Å². The van der Waals surface area contributed by atoms with Crippen LogP contribution in [0.3, 0.4) is 0 Å². The predicted octanol–water partition coefficient (Wildman–Crippen LogP) is 14.6. The number of nitrogens with zero attached hydrogens (tertiary/aromatic N) is 5. The number of benzene rings is 1. The van der Waals surface area contributed by atoms with Gasteiger partial charge in [-0.05, 0) is 52.8 Å². The van der Waals surface area contributed by atoms with E-state index in [1.54, 1.807) is 23.1 Å². The number of hydrogen-bond donors (Lipinski definition) is 0. The Morgan fingerprint density at radius 3 is 1.13 bits per heavy atom. The standard InChI is InChI=1S/C10H13N3.C10H14.C9H13N.C5H5N.C5H12.4C2H6/c1-10(2,3)8-4-5-9-11-6-7-13(9)12-8;1-10(2,3)9-7-5-4-6-8-9;1-9(2,3)8-6-4-5-7-10-8;1-2-4-6-5-3-1;1-5(2,3)4;4*1-2/h4-7H,1-3H3;4-8H,1-3H3;4-7H,1-3H3;1-5H;1-4H3;4*1-2H3. The first kappa shape index (κ1) is 54.9. The molecule has 0 saturated carbocycles. The van der Waals surface area contributed by atoms with Crippen LogP contribution < -0.4 is 0 Å². The summed E-state index contributed by atoms with van der Waals surface area (Å²) in [6.07, 6.45) is 8.96. The summed E-state index contributed by atoms with van der Waals surface area (Å²) in [4.78, 5) is 12.2. The van der Waals surface area contributed by atoms with Gasteiger partial charge in [0.25, 0.3) is 0 Å². The van der Waals surface area contributed by atoms with Gasteiger partial charge in [-0.15, -0.1) is 0 Å². The highest BCUT2D eigenvalue weighted by atomic mass is 15.2. The molecule has 0 saturated heterocycles. The monoisotopic (exact) mass is 716 g/mol. The first-order valence-electron chi connectivity index (χ1n) is 19.4. The summed E-state index contributed by atoms with van der Waals surface area (Å²) in [5, 5.41) is 4.46. The topological polar surface area (TPSA) is 56.0 Å². The van der Waals surface area contributed by atoms with Crippen molar-refractivity contribution in [3.8, 4) is 0 Å². The van der Waals surface area contributed by atoms with Crippen LogP contribution >= 0.6 is 0 Å².